The molecule has 5 rings (SSSR count). The molecule has 30 heavy (non-hydrogen) atoms. The van der Waals surface area contributed by atoms with Crippen molar-refractivity contribution in [3.05, 3.63) is 34.4 Å². The van der Waals surface area contributed by atoms with Crippen molar-refractivity contribution in [1.82, 2.24) is 9.80 Å². The second-order valence-electron chi connectivity index (χ2n) is 10.0. The minimum atomic E-state index is -1.14. The van der Waals surface area contributed by atoms with Crippen molar-refractivity contribution >= 4 is 11.9 Å². The molecule has 4 aliphatic rings. The van der Waals surface area contributed by atoms with Gasteiger partial charge in [-0.3, -0.25) is 0 Å². The molecule has 4 unspecified atom stereocenters. The largest absolute Gasteiger partial charge is 0.478 e. The third kappa shape index (κ3) is 3.07. The van der Waals surface area contributed by atoms with E-state index in [9.17, 15) is 19.8 Å². The summed E-state index contributed by atoms with van der Waals surface area (Å²) < 4.78 is 0. The summed E-state index contributed by atoms with van der Waals surface area (Å²) in [6.07, 6.45) is 8.70. The molecule has 1 aromatic carbocycles. The van der Waals surface area contributed by atoms with Gasteiger partial charge < -0.3 is 20.0 Å². The zero-order chi connectivity index (χ0) is 21.2. The van der Waals surface area contributed by atoms with E-state index in [0.717, 1.165) is 49.7 Å². The van der Waals surface area contributed by atoms with Crippen LogP contribution in [0.3, 0.4) is 0 Å². The van der Waals surface area contributed by atoms with Crippen LogP contribution in [0.25, 0.3) is 0 Å². The average molecular weight is 413 g/mol. The summed E-state index contributed by atoms with van der Waals surface area (Å²) in [4.78, 5) is 29.2. The Kier molecular flexibility index (Phi) is 4.90. The van der Waals surface area contributed by atoms with Gasteiger partial charge in [-0.15, -0.1) is 0 Å². The maximum Gasteiger partial charge on any atom is 0.336 e. The Morgan fingerprint density at radius 2 is 1.23 bits per heavy atom. The molecule has 0 aliphatic carbocycles. The van der Waals surface area contributed by atoms with Crippen LogP contribution in [0, 0.1) is 0 Å². The lowest BCUT2D eigenvalue weighted by molar-refractivity contribution is 0.0648. The standard InChI is InChI=1S/C24H32N2O4/c1-25-15-3-4-16(25)10-13(9-15)19-7-8-20(23(27)28)22(24(29)30)21(19)14-11-17-5-6-18(12-14)26(17)2/h7-8,13-18H,3-6,9-12H2,1-2H3,(H,27,28)(H,29,30). The number of piperidine rings is 2. The number of benzene rings is 1. The van der Waals surface area contributed by atoms with Crippen LogP contribution in [0.15, 0.2) is 12.1 Å². The summed E-state index contributed by atoms with van der Waals surface area (Å²) in [6, 6.07) is 5.58. The van der Waals surface area contributed by atoms with E-state index in [1.54, 1.807) is 6.07 Å². The second kappa shape index (κ2) is 7.34. The lowest BCUT2D eigenvalue weighted by Crippen LogP contribution is -2.41. The molecule has 0 amide bonds. The van der Waals surface area contributed by atoms with Crippen molar-refractivity contribution in [3.63, 3.8) is 0 Å². The number of hydrogen-bond acceptors (Lipinski definition) is 4. The number of carboxylic acid groups (broad SMARTS) is 2. The van der Waals surface area contributed by atoms with E-state index in [1.165, 1.54) is 12.8 Å². The monoisotopic (exact) mass is 412 g/mol. The van der Waals surface area contributed by atoms with Gasteiger partial charge in [0, 0.05) is 24.2 Å². The van der Waals surface area contributed by atoms with Crippen LogP contribution >= 0.6 is 0 Å². The molecule has 4 fully saturated rings. The first-order valence-electron chi connectivity index (χ1n) is 11.4. The first-order chi connectivity index (χ1) is 14.3. The highest BCUT2D eigenvalue weighted by molar-refractivity contribution is 6.03. The van der Waals surface area contributed by atoms with E-state index in [-0.39, 0.29) is 17.0 Å². The number of aromatic carboxylic acids is 2. The number of hydrogen-bond donors (Lipinski definition) is 2. The van der Waals surface area contributed by atoms with Gasteiger partial charge in [-0.1, -0.05) is 6.07 Å². The molecule has 4 atom stereocenters. The lowest BCUT2D eigenvalue weighted by Gasteiger charge is -2.41. The third-order valence-corrected chi connectivity index (χ3v) is 8.77. The van der Waals surface area contributed by atoms with E-state index in [0.29, 0.717) is 30.1 Å². The highest BCUT2D eigenvalue weighted by Crippen LogP contribution is 2.49. The summed E-state index contributed by atoms with van der Waals surface area (Å²) in [5.74, 6) is -1.77. The van der Waals surface area contributed by atoms with Gasteiger partial charge in [0.05, 0.1) is 11.1 Å². The van der Waals surface area contributed by atoms with Gasteiger partial charge in [-0.05, 0) is 94.5 Å². The van der Waals surface area contributed by atoms with Crippen LogP contribution in [0.2, 0.25) is 0 Å². The Hall–Kier alpha value is -1.92. The molecule has 1 aromatic rings. The molecule has 4 heterocycles. The first-order valence-corrected chi connectivity index (χ1v) is 11.4. The summed E-state index contributed by atoms with van der Waals surface area (Å²) >= 11 is 0. The van der Waals surface area contributed by atoms with E-state index < -0.39 is 11.9 Å². The SMILES string of the molecule is CN1C2CCC1CC(c1ccc(C(=O)O)c(C(=O)O)c1C1CC3CCC(C1)N3C)C2. The van der Waals surface area contributed by atoms with Gasteiger partial charge in [0.15, 0.2) is 0 Å². The van der Waals surface area contributed by atoms with Crippen LogP contribution < -0.4 is 0 Å². The molecule has 0 spiro atoms. The maximum atomic E-state index is 12.4. The minimum absolute atomic E-state index is 0.0524. The molecule has 0 aromatic heterocycles. The normalized spacial score (nSPS) is 36.2. The number of carbonyl (C=O) groups is 2. The fraction of sp³-hybridized carbons (Fsp3) is 0.667. The highest BCUT2D eigenvalue weighted by atomic mass is 16.4. The Labute approximate surface area is 177 Å². The molecular formula is C24H32N2O4. The average Bonchev–Trinajstić information content (AvgIpc) is 3.04. The third-order valence-electron chi connectivity index (χ3n) is 8.77. The van der Waals surface area contributed by atoms with Crippen LogP contribution in [0.1, 0.15) is 95.0 Å². The van der Waals surface area contributed by atoms with E-state index >= 15 is 0 Å². The van der Waals surface area contributed by atoms with Crippen molar-refractivity contribution in [2.24, 2.45) is 0 Å². The van der Waals surface area contributed by atoms with E-state index in [4.69, 9.17) is 0 Å². The Bertz CT molecular complexity index is 856. The van der Waals surface area contributed by atoms with Gasteiger partial charge in [-0.2, -0.15) is 0 Å². The zero-order valence-corrected chi connectivity index (χ0v) is 17.9. The number of carboxylic acids is 2. The molecule has 162 valence electrons. The quantitative estimate of drug-likeness (QED) is 0.784. The minimum Gasteiger partial charge on any atom is -0.478 e. The van der Waals surface area contributed by atoms with Gasteiger partial charge in [0.2, 0.25) is 0 Å². The number of fused-ring (bicyclic) bond motifs is 4. The van der Waals surface area contributed by atoms with E-state index in [2.05, 4.69) is 23.9 Å². The molecule has 0 saturated carbocycles. The molecule has 2 N–H and O–H groups in total. The summed E-state index contributed by atoms with van der Waals surface area (Å²) in [6.45, 7) is 0. The Balaban J connectivity index is 1.61. The lowest BCUT2D eigenvalue weighted by atomic mass is 9.74. The molecule has 6 nitrogen and oxygen atoms in total. The van der Waals surface area contributed by atoms with Gasteiger partial charge in [-0.25, -0.2) is 9.59 Å². The van der Waals surface area contributed by atoms with Crippen molar-refractivity contribution < 1.29 is 19.8 Å². The maximum absolute atomic E-state index is 12.4. The Morgan fingerprint density at radius 1 is 0.767 bits per heavy atom. The van der Waals surface area contributed by atoms with Gasteiger partial charge in [0.25, 0.3) is 0 Å². The summed E-state index contributed by atoms with van der Waals surface area (Å²) in [5, 5.41) is 19.9. The van der Waals surface area contributed by atoms with E-state index in [1.807, 2.05) is 6.07 Å². The van der Waals surface area contributed by atoms with Crippen molar-refractivity contribution in [2.75, 3.05) is 14.1 Å². The van der Waals surface area contributed by atoms with Crippen molar-refractivity contribution in [1.29, 1.82) is 0 Å². The first kappa shape index (κ1) is 20.0. The number of nitrogens with zero attached hydrogens (tertiary/aromatic N) is 2. The molecule has 6 heteroatoms. The molecule has 4 aliphatic heterocycles. The molecule has 4 bridgehead atoms. The predicted octanol–water partition coefficient (Wildman–Crippen LogP) is 3.76. The summed E-state index contributed by atoms with van der Waals surface area (Å²) in [5.41, 5.74) is 1.97. The Morgan fingerprint density at radius 3 is 1.67 bits per heavy atom. The van der Waals surface area contributed by atoms with Crippen molar-refractivity contribution in [2.45, 2.75) is 87.4 Å². The second-order valence-corrected chi connectivity index (χ2v) is 10.0. The van der Waals surface area contributed by atoms with Gasteiger partial charge >= 0.3 is 11.9 Å². The van der Waals surface area contributed by atoms with Crippen LogP contribution in [0.4, 0.5) is 0 Å². The molecule has 4 saturated heterocycles. The zero-order valence-electron chi connectivity index (χ0n) is 17.9. The fourth-order valence-electron chi connectivity index (χ4n) is 7.15. The van der Waals surface area contributed by atoms with Crippen molar-refractivity contribution in [3.8, 4) is 0 Å². The smallest absolute Gasteiger partial charge is 0.336 e. The van der Waals surface area contributed by atoms with Gasteiger partial charge in [0.1, 0.15) is 0 Å². The molecular weight excluding hydrogens is 380 g/mol. The number of rotatable bonds is 4. The fourth-order valence-corrected chi connectivity index (χ4v) is 7.15. The van der Waals surface area contributed by atoms with Crippen LogP contribution in [-0.4, -0.2) is 70.2 Å². The molecule has 0 radical (unpaired) electrons. The van der Waals surface area contributed by atoms with Crippen LogP contribution in [0.5, 0.6) is 0 Å². The summed E-state index contributed by atoms with van der Waals surface area (Å²) in [7, 11) is 4.39. The predicted molar refractivity (Wildman–Crippen MR) is 113 cm³/mol. The highest BCUT2D eigenvalue weighted by Gasteiger charge is 2.44. The topological polar surface area (TPSA) is 81.1 Å². The van der Waals surface area contributed by atoms with Crippen LogP contribution in [-0.2, 0) is 0 Å².